The van der Waals surface area contributed by atoms with E-state index >= 15 is 0 Å². The van der Waals surface area contributed by atoms with Crippen molar-refractivity contribution in [3.63, 3.8) is 0 Å². The topological polar surface area (TPSA) is 73.0 Å². The van der Waals surface area contributed by atoms with Crippen LogP contribution in [0, 0.1) is 0 Å². The molecule has 29 heavy (non-hydrogen) atoms. The molecule has 2 aromatic carbocycles. The van der Waals surface area contributed by atoms with Crippen LogP contribution in [0.25, 0.3) is 22.7 Å². The number of para-hydroxylation sites is 1. The van der Waals surface area contributed by atoms with Crippen LogP contribution in [-0.2, 0) is 11.8 Å². The molecule has 0 radical (unpaired) electrons. The average molecular weight is 404 g/mol. The third-order valence-electron chi connectivity index (χ3n) is 4.50. The minimum absolute atomic E-state index is 0.0964. The number of hydrogen-bond donors (Lipinski definition) is 1. The van der Waals surface area contributed by atoms with Crippen molar-refractivity contribution in [2.24, 2.45) is 7.05 Å². The number of thioether (sulfide) groups is 1. The van der Waals surface area contributed by atoms with Gasteiger partial charge in [-0.05, 0) is 30.7 Å². The highest BCUT2D eigenvalue weighted by Crippen LogP contribution is 2.30. The largest absolute Gasteiger partial charge is 0.461 e. The highest BCUT2D eigenvalue weighted by atomic mass is 32.2. The normalized spacial score (nSPS) is 11.9. The molecule has 2 heterocycles. The first-order valence-electron chi connectivity index (χ1n) is 9.18. The van der Waals surface area contributed by atoms with Crippen LogP contribution in [0.4, 0.5) is 5.69 Å². The van der Waals surface area contributed by atoms with E-state index in [9.17, 15) is 4.79 Å². The lowest BCUT2D eigenvalue weighted by Crippen LogP contribution is -2.23. The molecule has 146 valence electrons. The van der Waals surface area contributed by atoms with Gasteiger partial charge in [-0.3, -0.25) is 4.79 Å². The third-order valence-corrected chi connectivity index (χ3v) is 5.63. The first-order chi connectivity index (χ1) is 14.1. The van der Waals surface area contributed by atoms with Crippen LogP contribution >= 0.6 is 11.8 Å². The number of hydrogen-bond acceptors (Lipinski definition) is 5. The zero-order valence-electron chi connectivity index (χ0n) is 16.1. The molecular formula is C22H20N4O2S. The lowest BCUT2D eigenvalue weighted by molar-refractivity contribution is -0.115. The molecule has 0 aliphatic heterocycles. The van der Waals surface area contributed by atoms with E-state index < -0.39 is 0 Å². The smallest absolute Gasteiger partial charge is 0.237 e. The summed E-state index contributed by atoms with van der Waals surface area (Å²) in [6, 6.07) is 21.4. The molecule has 1 amide bonds. The quantitative estimate of drug-likeness (QED) is 0.465. The van der Waals surface area contributed by atoms with Crippen LogP contribution in [0.3, 0.4) is 0 Å². The van der Waals surface area contributed by atoms with Crippen LogP contribution in [0.1, 0.15) is 6.92 Å². The summed E-state index contributed by atoms with van der Waals surface area (Å²) in [7, 11) is 1.86. The summed E-state index contributed by atoms with van der Waals surface area (Å²) in [4.78, 5) is 12.8. The van der Waals surface area contributed by atoms with Gasteiger partial charge in [0.2, 0.25) is 5.91 Å². The fourth-order valence-corrected chi connectivity index (χ4v) is 3.76. The van der Waals surface area contributed by atoms with Gasteiger partial charge in [-0.15, -0.1) is 10.2 Å². The van der Waals surface area contributed by atoms with E-state index in [0.29, 0.717) is 16.7 Å². The van der Waals surface area contributed by atoms with Crippen LogP contribution in [0.2, 0.25) is 0 Å². The predicted molar refractivity (Wildman–Crippen MR) is 115 cm³/mol. The van der Waals surface area contributed by atoms with Crippen molar-refractivity contribution in [3.05, 3.63) is 73.0 Å². The van der Waals surface area contributed by atoms with E-state index in [0.717, 1.165) is 16.8 Å². The molecule has 7 heteroatoms. The van der Waals surface area contributed by atoms with Crippen molar-refractivity contribution in [3.8, 4) is 22.7 Å². The number of benzene rings is 2. The third kappa shape index (κ3) is 4.09. The number of nitrogens with zero attached hydrogens (tertiary/aromatic N) is 3. The molecule has 4 aromatic rings. The summed E-state index contributed by atoms with van der Waals surface area (Å²) in [6.07, 6.45) is 1.59. The standard InChI is InChI=1S/C22H20N4O2S/c1-15(29-22-25-24-20(26(22)2)19-13-8-14-28-19)21(27)23-18-12-7-6-11-17(18)16-9-4-3-5-10-16/h3-15H,1-2H3,(H,23,27)/t15-/m1/s1. The SMILES string of the molecule is C[C@@H](Sc1nnc(-c2ccco2)n1C)C(=O)Nc1ccccc1-c1ccccc1. The Bertz CT molecular complexity index is 1110. The zero-order chi connectivity index (χ0) is 20.2. The Hall–Kier alpha value is -3.32. The van der Waals surface area contributed by atoms with E-state index in [4.69, 9.17) is 4.42 Å². The van der Waals surface area contributed by atoms with Gasteiger partial charge in [0.25, 0.3) is 0 Å². The Balaban J connectivity index is 1.49. The molecule has 1 N–H and O–H groups in total. The van der Waals surface area contributed by atoms with Gasteiger partial charge in [-0.1, -0.05) is 60.3 Å². The van der Waals surface area contributed by atoms with Crippen LogP contribution in [-0.4, -0.2) is 25.9 Å². The second kappa shape index (κ2) is 8.36. The number of aromatic nitrogens is 3. The maximum Gasteiger partial charge on any atom is 0.237 e. The van der Waals surface area contributed by atoms with Gasteiger partial charge >= 0.3 is 0 Å². The maximum absolute atomic E-state index is 12.8. The van der Waals surface area contributed by atoms with Crippen molar-refractivity contribution in [1.82, 2.24) is 14.8 Å². The summed E-state index contributed by atoms with van der Waals surface area (Å²) in [5.74, 6) is 1.17. The first kappa shape index (κ1) is 19.0. The number of anilines is 1. The highest BCUT2D eigenvalue weighted by Gasteiger charge is 2.21. The molecule has 0 spiro atoms. The minimum Gasteiger partial charge on any atom is -0.461 e. The Kier molecular flexibility index (Phi) is 5.48. The maximum atomic E-state index is 12.8. The Labute approximate surface area is 173 Å². The van der Waals surface area contributed by atoms with Crippen molar-refractivity contribution >= 4 is 23.4 Å². The Morgan fingerprint density at radius 3 is 2.55 bits per heavy atom. The van der Waals surface area contributed by atoms with Crippen molar-refractivity contribution in [2.45, 2.75) is 17.3 Å². The van der Waals surface area contributed by atoms with Gasteiger partial charge in [0, 0.05) is 18.3 Å². The lowest BCUT2D eigenvalue weighted by atomic mass is 10.0. The first-order valence-corrected chi connectivity index (χ1v) is 10.1. The van der Waals surface area contributed by atoms with Gasteiger partial charge in [-0.25, -0.2) is 0 Å². The Morgan fingerprint density at radius 1 is 1.03 bits per heavy atom. The van der Waals surface area contributed by atoms with E-state index in [1.807, 2.05) is 79.2 Å². The molecule has 0 aliphatic carbocycles. The second-order valence-corrected chi connectivity index (χ2v) is 7.81. The van der Waals surface area contributed by atoms with Crippen molar-refractivity contribution in [2.75, 3.05) is 5.32 Å². The monoisotopic (exact) mass is 404 g/mol. The van der Waals surface area contributed by atoms with Crippen LogP contribution in [0.5, 0.6) is 0 Å². The van der Waals surface area contributed by atoms with Gasteiger partial charge in [-0.2, -0.15) is 0 Å². The molecular weight excluding hydrogens is 384 g/mol. The van der Waals surface area contributed by atoms with E-state index in [-0.39, 0.29) is 11.2 Å². The number of carbonyl (C=O) groups excluding carboxylic acids is 1. The number of rotatable bonds is 6. The molecule has 1 atom stereocenters. The highest BCUT2D eigenvalue weighted by molar-refractivity contribution is 8.00. The summed E-state index contributed by atoms with van der Waals surface area (Å²) < 4.78 is 7.21. The second-order valence-electron chi connectivity index (χ2n) is 6.50. The summed E-state index contributed by atoms with van der Waals surface area (Å²) in [5, 5.41) is 11.7. The molecule has 0 fully saturated rings. The van der Waals surface area contributed by atoms with E-state index in [1.165, 1.54) is 11.8 Å². The van der Waals surface area contributed by atoms with Crippen LogP contribution < -0.4 is 5.32 Å². The molecule has 0 bridgehead atoms. The fraction of sp³-hybridized carbons (Fsp3) is 0.136. The zero-order valence-corrected chi connectivity index (χ0v) is 16.9. The Morgan fingerprint density at radius 2 is 1.79 bits per heavy atom. The fourth-order valence-electron chi connectivity index (χ4n) is 2.95. The summed E-state index contributed by atoms with van der Waals surface area (Å²) >= 11 is 1.35. The van der Waals surface area contributed by atoms with Crippen molar-refractivity contribution in [1.29, 1.82) is 0 Å². The minimum atomic E-state index is -0.355. The summed E-state index contributed by atoms with van der Waals surface area (Å²) in [5.41, 5.74) is 2.82. The van der Waals surface area contributed by atoms with Gasteiger partial charge in [0.1, 0.15) is 0 Å². The van der Waals surface area contributed by atoms with Crippen LogP contribution in [0.15, 0.2) is 82.6 Å². The van der Waals surface area contributed by atoms with E-state index in [1.54, 1.807) is 12.3 Å². The molecule has 0 saturated carbocycles. The number of carbonyl (C=O) groups is 1. The van der Waals surface area contributed by atoms with Crippen molar-refractivity contribution < 1.29 is 9.21 Å². The summed E-state index contributed by atoms with van der Waals surface area (Å²) in [6.45, 7) is 1.85. The average Bonchev–Trinajstić information content (AvgIpc) is 3.39. The molecule has 4 rings (SSSR count). The predicted octanol–water partition coefficient (Wildman–Crippen LogP) is 4.86. The molecule has 0 unspecified atom stereocenters. The molecule has 6 nitrogen and oxygen atoms in total. The van der Waals surface area contributed by atoms with E-state index in [2.05, 4.69) is 15.5 Å². The lowest BCUT2D eigenvalue weighted by Gasteiger charge is -2.14. The number of furan rings is 1. The molecule has 0 aliphatic rings. The van der Waals surface area contributed by atoms with Gasteiger partial charge in [0.05, 0.1) is 11.5 Å². The molecule has 0 saturated heterocycles. The van der Waals surface area contributed by atoms with Gasteiger partial charge < -0.3 is 14.3 Å². The molecule has 2 aromatic heterocycles. The number of nitrogens with one attached hydrogen (secondary N) is 1. The van der Waals surface area contributed by atoms with Gasteiger partial charge in [0.15, 0.2) is 16.7 Å². The number of amides is 1.